The molecule has 4 nitrogen and oxygen atoms in total. The van der Waals surface area contributed by atoms with E-state index in [-0.39, 0.29) is 24.4 Å². The van der Waals surface area contributed by atoms with Crippen LogP contribution in [-0.2, 0) is 14.0 Å². The Hall–Kier alpha value is -1.17. The fourth-order valence-corrected chi connectivity index (χ4v) is 2.76. The van der Waals surface area contributed by atoms with E-state index in [9.17, 15) is 0 Å². The molecule has 1 aromatic rings. The van der Waals surface area contributed by atoms with E-state index in [4.69, 9.17) is 19.0 Å². The number of ether oxygens (including phenoxy) is 1. The maximum absolute atomic E-state index is 6.11. The van der Waals surface area contributed by atoms with Crippen molar-refractivity contribution in [1.82, 2.24) is 0 Å². The van der Waals surface area contributed by atoms with Gasteiger partial charge in [-0.3, -0.25) is 4.99 Å². The zero-order valence-corrected chi connectivity index (χ0v) is 14.1. The molecule has 2 heterocycles. The number of hydrogen-bond acceptors (Lipinski definition) is 4. The van der Waals surface area contributed by atoms with E-state index >= 15 is 0 Å². The molecule has 3 rings (SSSR count). The highest BCUT2D eigenvalue weighted by Gasteiger charge is 2.51. The van der Waals surface area contributed by atoms with Gasteiger partial charge < -0.3 is 14.0 Å². The molecular formula is C17H24BNO3. The van der Waals surface area contributed by atoms with Crippen molar-refractivity contribution >= 4 is 18.7 Å². The van der Waals surface area contributed by atoms with Crippen LogP contribution >= 0.6 is 0 Å². The molecule has 1 saturated heterocycles. The van der Waals surface area contributed by atoms with Gasteiger partial charge in [0.1, 0.15) is 0 Å². The summed E-state index contributed by atoms with van der Waals surface area (Å²) >= 11 is 0. The second-order valence-electron chi connectivity index (χ2n) is 7.05. The van der Waals surface area contributed by atoms with Gasteiger partial charge in [0, 0.05) is 13.7 Å². The Balaban J connectivity index is 1.84. The van der Waals surface area contributed by atoms with Crippen molar-refractivity contribution in [3.05, 3.63) is 28.8 Å². The first-order valence-corrected chi connectivity index (χ1v) is 7.87. The quantitative estimate of drug-likeness (QED) is 0.773. The lowest BCUT2D eigenvalue weighted by Crippen LogP contribution is -2.41. The molecule has 1 fully saturated rings. The standard InChI is InChI=1S/C17H24BNO3/c1-16(2)17(3,4)22-18(21-16)13-6-7-15-12(10-13)11-14(19-15)8-9-20-5/h6-7,10-11,14H,8-9H2,1-5H3. The Kier molecular flexibility index (Phi) is 3.92. The molecule has 2 aliphatic rings. The summed E-state index contributed by atoms with van der Waals surface area (Å²) in [5, 5.41) is 2.20. The number of hydrogen-bond donors (Lipinski definition) is 0. The zero-order chi connectivity index (χ0) is 16.0. The Morgan fingerprint density at radius 2 is 1.86 bits per heavy atom. The molecule has 5 heteroatoms. The van der Waals surface area contributed by atoms with Crippen molar-refractivity contribution in [3.63, 3.8) is 0 Å². The Labute approximate surface area is 132 Å². The maximum atomic E-state index is 6.11. The van der Waals surface area contributed by atoms with Crippen molar-refractivity contribution in [3.8, 4) is 0 Å². The van der Waals surface area contributed by atoms with E-state index in [1.54, 1.807) is 7.11 Å². The molecule has 0 spiro atoms. The fourth-order valence-electron chi connectivity index (χ4n) is 2.76. The number of fused-ring (bicyclic) bond motifs is 1. The summed E-state index contributed by atoms with van der Waals surface area (Å²) in [7, 11) is 1.40. The summed E-state index contributed by atoms with van der Waals surface area (Å²) < 4.78 is 17.4. The van der Waals surface area contributed by atoms with Crippen LogP contribution in [0.3, 0.4) is 0 Å². The third kappa shape index (κ3) is 2.73. The van der Waals surface area contributed by atoms with E-state index in [1.807, 2.05) is 0 Å². The average molecular weight is 301 g/mol. The van der Waals surface area contributed by atoms with E-state index < -0.39 is 0 Å². The molecular weight excluding hydrogens is 277 g/mol. The smallest absolute Gasteiger partial charge is 0.399 e. The Bertz CT molecular complexity index is 668. The van der Waals surface area contributed by atoms with E-state index in [0.717, 1.165) is 29.1 Å². The van der Waals surface area contributed by atoms with Crippen molar-refractivity contribution < 1.29 is 14.0 Å². The van der Waals surface area contributed by atoms with E-state index in [2.05, 4.69) is 52.0 Å². The first-order chi connectivity index (χ1) is 10.3. The monoisotopic (exact) mass is 301 g/mol. The van der Waals surface area contributed by atoms with Crippen molar-refractivity contribution in [2.75, 3.05) is 13.7 Å². The van der Waals surface area contributed by atoms with Gasteiger partial charge in [0.25, 0.3) is 0 Å². The summed E-state index contributed by atoms with van der Waals surface area (Å²) in [6.07, 6.45) is 3.11. The highest BCUT2D eigenvalue weighted by Crippen LogP contribution is 2.36. The topological polar surface area (TPSA) is 40.0 Å². The van der Waals surface area contributed by atoms with Gasteiger partial charge in [-0.2, -0.15) is 0 Å². The second-order valence-corrected chi connectivity index (χ2v) is 7.05. The Morgan fingerprint density at radius 1 is 1.18 bits per heavy atom. The van der Waals surface area contributed by atoms with Gasteiger partial charge in [-0.15, -0.1) is 0 Å². The molecule has 22 heavy (non-hydrogen) atoms. The number of benzene rings is 1. The highest BCUT2D eigenvalue weighted by molar-refractivity contribution is 6.62. The predicted octanol–water partition coefficient (Wildman–Crippen LogP) is 0.805. The van der Waals surface area contributed by atoms with Crippen molar-refractivity contribution in [1.29, 1.82) is 0 Å². The second kappa shape index (κ2) is 5.48. The largest absolute Gasteiger partial charge is 0.494 e. The molecule has 0 amide bonds. The maximum Gasteiger partial charge on any atom is 0.494 e. The molecule has 0 aliphatic carbocycles. The van der Waals surface area contributed by atoms with Gasteiger partial charge in [0.05, 0.1) is 22.6 Å². The molecule has 1 unspecified atom stereocenters. The predicted molar refractivity (Wildman–Crippen MR) is 87.7 cm³/mol. The minimum atomic E-state index is -0.318. The number of nitrogens with zero attached hydrogens (tertiary/aromatic N) is 1. The van der Waals surface area contributed by atoms with E-state index in [0.29, 0.717) is 0 Å². The number of methoxy groups -OCH3 is 1. The molecule has 0 bridgehead atoms. The normalized spacial score (nSPS) is 24.8. The van der Waals surface area contributed by atoms with Gasteiger partial charge >= 0.3 is 7.12 Å². The minimum Gasteiger partial charge on any atom is -0.399 e. The first-order valence-electron chi connectivity index (χ1n) is 7.87. The lowest BCUT2D eigenvalue weighted by atomic mass is 9.79. The summed E-state index contributed by atoms with van der Waals surface area (Å²) in [5.74, 6) is 0. The van der Waals surface area contributed by atoms with Crippen LogP contribution in [0.4, 0.5) is 0 Å². The molecule has 118 valence electrons. The number of rotatable bonds is 4. The summed E-state index contributed by atoms with van der Waals surface area (Å²) in [4.78, 5) is 4.70. The summed E-state index contributed by atoms with van der Waals surface area (Å²) in [6, 6.07) is 6.45. The van der Waals surface area contributed by atoms with Crippen LogP contribution in [0.25, 0.3) is 6.08 Å². The van der Waals surface area contributed by atoms with Crippen molar-refractivity contribution in [2.24, 2.45) is 4.99 Å². The van der Waals surface area contributed by atoms with Crippen LogP contribution in [0.5, 0.6) is 0 Å². The summed E-state index contributed by atoms with van der Waals surface area (Å²) in [6.45, 7) is 9.01. The molecule has 0 N–H and O–H groups in total. The Morgan fingerprint density at radius 3 is 2.50 bits per heavy atom. The molecule has 0 saturated carbocycles. The van der Waals surface area contributed by atoms with Crippen LogP contribution < -0.4 is 16.0 Å². The van der Waals surface area contributed by atoms with Gasteiger partial charge in [0.2, 0.25) is 0 Å². The third-order valence-electron chi connectivity index (χ3n) is 4.87. The average Bonchev–Trinajstić information content (AvgIpc) is 2.93. The molecule has 1 aromatic carbocycles. The SMILES string of the molecule is COCCC1C=c2cc(B3OC(C)(C)C(C)(C)O3)ccc2=N1. The van der Waals surface area contributed by atoms with Gasteiger partial charge in [-0.25, -0.2) is 0 Å². The van der Waals surface area contributed by atoms with Gasteiger partial charge in [0.15, 0.2) is 0 Å². The molecule has 0 aromatic heterocycles. The summed E-state index contributed by atoms with van der Waals surface area (Å²) in [5.41, 5.74) is 0.425. The fraction of sp³-hybridized carbons (Fsp3) is 0.588. The molecule has 0 radical (unpaired) electrons. The zero-order valence-electron chi connectivity index (χ0n) is 14.1. The molecule has 2 aliphatic heterocycles. The van der Waals surface area contributed by atoms with Crippen LogP contribution in [-0.4, -0.2) is 38.1 Å². The highest BCUT2D eigenvalue weighted by atomic mass is 16.7. The molecule has 1 atom stereocenters. The lowest BCUT2D eigenvalue weighted by Gasteiger charge is -2.32. The minimum absolute atomic E-state index is 0.212. The van der Waals surface area contributed by atoms with Crippen LogP contribution in [0.1, 0.15) is 34.1 Å². The van der Waals surface area contributed by atoms with E-state index in [1.165, 1.54) is 0 Å². The van der Waals surface area contributed by atoms with Gasteiger partial charge in [-0.1, -0.05) is 18.2 Å². The van der Waals surface area contributed by atoms with Gasteiger partial charge in [-0.05, 0) is 50.9 Å². The van der Waals surface area contributed by atoms with Crippen LogP contribution in [0.15, 0.2) is 23.2 Å². The van der Waals surface area contributed by atoms with Crippen LogP contribution in [0.2, 0.25) is 0 Å². The lowest BCUT2D eigenvalue weighted by molar-refractivity contribution is 0.00578. The van der Waals surface area contributed by atoms with Crippen LogP contribution in [0, 0.1) is 0 Å². The third-order valence-corrected chi connectivity index (χ3v) is 4.87. The first kappa shape index (κ1) is 15.7. The van der Waals surface area contributed by atoms with Crippen molar-refractivity contribution in [2.45, 2.75) is 51.4 Å².